The second kappa shape index (κ2) is 6.88. The predicted octanol–water partition coefficient (Wildman–Crippen LogP) is 1.88. The summed E-state index contributed by atoms with van der Waals surface area (Å²) in [6, 6.07) is 0. The largest absolute Gasteiger partial charge is 0.364 e. The van der Waals surface area contributed by atoms with Gasteiger partial charge in [-0.15, -0.1) is 10.2 Å². The van der Waals surface area contributed by atoms with Gasteiger partial charge < -0.3 is 14.9 Å². The van der Waals surface area contributed by atoms with Crippen molar-refractivity contribution in [2.75, 3.05) is 13.1 Å². The molecule has 6 nitrogen and oxygen atoms in total. The van der Waals surface area contributed by atoms with Crippen molar-refractivity contribution in [3.63, 3.8) is 0 Å². The van der Waals surface area contributed by atoms with Gasteiger partial charge in [0.2, 0.25) is 0 Å². The molecular weight excluding hydrogens is 310 g/mol. The lowest BCUT2D eigenvalue weighted by Gasteiger charge is -2.21. The van der Waals surface area contributed by atoms with Crippen molar-refractivity contribution in [3.05, 3.63) is 39.1 Å². The van der Waals surface area contributed by atoms with Crippen molar-refractivity contribution in [3.8, 4) is 0 Å². The van der Waals surface area contributed by atoms with Crippen LogP contribution in [0.3, 0.4) is 0 Å². The van der Waals surface area contributed by atoms with Gasteiger partial charge in [0.1, 0.15) is 5.82 Å². The zero-order valence-electron chi connectivity index (χ0n) is 13.8. The van der Waals surface area contributed by atoms with Gasteiger partial charge in [-0.3, -0.25) is 4.79 Å². The highest BCUT2D eigenvalue weighted by atomic mass is 32.2. The molecule has 124 valence electrons. The van der Waals surface area contributed by atoms with Crippen LogP contribution in [0.4, 0.5) is 0 Å². The molecule has 1 atom stereocenters. The van der Waals surface area contributed by atoms with Crippen molar-refractivity contribution >= 4 is 11.8 Å². The highest BCUT2D eigenvalue weighted by Gasteiger charge is 2.21. The van der Waals surface area contributed by atoms with E-state index in [1.165, 1.54) is 6.42 Å². The van der Waals surface area contributed by atoms with E-state index >= 15 is 0 Å². The molecule has 2 N–H and O–H groups in total. The predicted molar refractivity (Wildman–Crippen MR) is 91.9 cm³/mol. The van der Waals surface area contributed by atoms with Gasteiger partial charge in [-0.1, -0.05) is 11.8 Å². The molecule has 23 heavy (non-hydrogen) atoms. The minimum atomic E-state index is 0.117. The Morgan fingerprint density at radius 2 is 2.22 bits per heavy atom. The zero-order valence-corrected chi connectivity index (χ0v) is 14.7. The van der Waals surface area contributed by atoms with E-state index in [0.29, 0.717) is 11.7 Å². The Morgan fingerprint density at radius 3 is 2.96 bits per heavy atom. The molecule has 0 bridgehead atoms. The molecule has 2 aromatic rings. The molecule has 0 amide bonds. The smallest absolute Gasteiger partial charge is 0.191 e. The van der Waals surface area contributed by atoms with Gasteiger partial charge >= 0.3 is 0 Å². The summed E-state index contributed by atoms with van der Waals surface area (Å²) in [7, 11) is 2.02. The lowest BCUT2D eigenvalue weighted by molar-refractivity contribution is 0.436. The van der Waals surface area contributed by atoms with E-state index in [0.717, 1.165) is 47.3 Å². The number of rotatable bonds is 4. The molecule has 0 saturated carbocycles. The minimum Gasteiger partial charge on any atom is -0.364 e. The Hall–Kier alpha value is -1.60. The number of nitrogens with zero attached hydrogens (tertiary/aromatic N) is 3. The maximum Gasteiger partial charge on any atom is 0.191 e. The van der Waals surface area contributed by atoms with Crippen LogP contribution in [-0.4, -0.2) is 32.8 Å². The topological polar surface area (TPSA) is 75.6 Å². The number of thioether (sulfide) groups is 1. The van der Waals surface area contributed by atoms with E-state index in [-0.39, 0.29) is 5.43 Å². The first-order valence-corrected chi connectivity index (χ1v) is 8.97. The fraction of sp³-hybridized carbons (Fsp3) is 0.562. The van der Waals surface area contributed by atoms with Gasteiger partial charge in [-0.05, 0) is 33.2 Å². The third kappa shape index (κ3) is 3.35. The summed E-state index contributed by atoms with van der Waals surface area (Å²) in [6.45, 7) is 5.77. The second-order valence-electron chi connectivity index (χ2n) is 6.14. The lowest BCUT2D eigenvalue weighted by Crippen LogP contribution is -2.29. The van der Waals surface area contributed by atoms with Crippen molar-refractivity contribution in [1.29, 1.82) is 0 Å². The highest BCUT2D eigenvalue weighted by Crippen LogP contribution is 2.26. The first kappa shape index (κ1) is 16.3. The van der Waals surface area contributed by atoms with Crippen LogP contribution in [0.2, 0.25) is 0 Å². The van der Waals surface area contributed by atoms with Gasteiger partial charge in [-0.2, -0.15) is 0 Å². The number of hydrogen-bond donors (Lipinski definition) is 2. The normalized spacial score (nSPS) is 18.3. The van der Waals surface area contributed by atoms with Gasteiger partial charge in [0.15, 0.2) is 10.6 Å². The van der Waals surface area contributed by atoms with Crippen molar-refractivity contribution in [2.24, 2.45) is 7.05 Å². The maximum atomic E-state index is 12.0. The van der Waals surface area contributed by atoms with E-state index in [1.807, 2.05) is 20.9 Å². The monoisotopic (exact) mass is 333 g/mol. The molecule has 0 aliphatic carbocycles. The summed E-state index contributed by atoms with van der Waals surface area (Å²) in [4.78, 5) is 15.2. The number of piperidine rings is 1. The fourth-order valence-electron chi connectivity index (χ4n) is 2.97. The average molecular weight is 333 g/mol. The van der Waals surface area contributed by atoms with Gasteiger partial charge in [-0.25, -0.2) is 0 Å². The molecule has 3 rings (SSSR count). The van der Waals surface area contributed by atoms with Crippen LogP contribution in [0, 0.1) is 13.8 Å². The molecule has 0 unspecified atom stereocenters. The van der Waals surface area contributed by atoms with E-state index in [2.05, 4.69) is 25.1 Å². The molecule has 1 aliphatic heterocycles. The Bertz CT molecular complexity index is 745. The Balaban J connectivity index is 1.73. The third-order valence-corrected chi connectivity index (χ3v) is 5.54. The first-order valence-electron chi connectivity index (χ1n) is 7.98. The van der Waals surface area contributed by atoms with Gasteiger partial charge in [0.25, 0.3) is 0 Å². The average Bonchev–Trinajstić information content (AvgIpc) is 2.94. The summed E-state index contributed by atoms with van der Waals surface area (Å²) in [5, 5.41) is 13.0. The van der Waals surface area contributed by atoms with Crippen LogP contribution < -0.4 is 10.7 Å². The summed E-state index contributed by atoms with van der Waals surface area (Å²) in [6.07, 6.45) is 4.12. The minimum absolute atomic E-state index is 0.117. The Morgan fingerprint density at radius 1 is 1.39 bits per heavy atom. The standard InChI is InChI=1S/C16H23N5OS/c1-10-7-18-13(11(2)14(10)22)9-23-16-20-19-15(21(16)3)12-5-4-6-17-8-12/h7,12,17H,4-6,8-9H2,1-3H3,(H,18,22)/t12-/m1/s1. The number of aromatic amines is 1. The quantitative estimate of drug-likeness (QED) is 0.836. The second-order valence-corrected chi connectivity index (χ2v) is 7.08. The molecule has 1 fully saturated rings. The molecular formula is C16H23N5OS. The molecule has 0 spiro atoms. The number of nitrogens with one attached hydrogen (secondary N) is 2. The molecule has 2 aromatic heterocycles. The molecule has 3 heterocycles. The number of H-pyrrole nitrogens is 1. The molecule has 1 aliphatic rings. The summed E-state index contributed by atoms with van der Waals surface area (Å²) in [5.41, 5.74) is 2.61. The Kier molecular flexibility index (Phi) is 4.87. The van der Waals surface area contributed by atoms with E-state index < -0.39 is 0 Å². The van der Waals surface area contributed by atoms with Crippen LogP contribution in [0.5, 0.6) is 0 Å². The third-order valence-electron chi connectivity index (χ3n) is 4.49. The summed E-state index contributed by atoms with van der Waals surface area (Å²) in [5.74, 6) is 2.18. The van der Waals surface area contributed by atoms with E-state index in [9.17, 15) is 4.79 Å². The lowest BCUT2D eigenvalue weighted by atomic mass is 9.99. The van der Waals surface area contributed by atoms with E-state index in [1.54, 1.807) is 18.0 Å². The first-order chi connectivity index (χ1) is 11.1. The highest BCUT2D eigenvalue weighted by molar-refractivity contribution is 7.98. The van der Waals surface area contributed by atoms with Gasteiger partial charge in [0.05, 0.1) is 0 Å². The van der Waals surface area contributed by atoms with Crippen LogP contribution >= 0.6 is 11.8 Å². The number of aryl methyl sites for hydroxylation is 1. The summed E-state index contributed by atoms with van der Waals surface area (Å²) >= 11 is 1.61. The maximum absolute atomic E-state index is 12.0. The molecule has 7 heteroatoms. The van der Waals surface area contributed by atoms with Crippen molar-refractivity contribution in [2.45, 2.75) is 43.5 Å². The zero-order chi connectivity index (χ0) is 16.4. The molecule has 1 saturated heterocycles. The summed E-state index contributed by atoms with van der Waals surface area (Å²) < 4.78 is 2.09. The van der Waals surface area contributed by atoms with Crippen LogP contribution in [-0.2, 0) is 12.8 Å². The number of aromatic nitrogens is 4. The van der Waals surface area contributed by atoms with Crippen LogP contribution in [0.1, 0.15) is 41.4 Å². The van der Waals surface area contributed by atoms with Gasteiger partial charge in [0, 0.05) is 48.3 Å². The number of pyridine rings is 1. The van der Waals surface area contributed by atoms with Crippen LogP contribution in [0.25, 0.3) is 0 Å². The molecule has 0 radical (unpaired) electrons. The Labute approximate surface area is 140 Å². The van der Waals surface area contributed by atoms with E-state index in [4.69, 9.17) is 0 Å². The fourth-order valence-corrected chi connectivity index (χ4v) is 3.93. The van der Waals surface area contributed by atoms with Crippen molar-refractivity contribution < 1.29 is 0 Å². The van der Waals surface area contributed by atoms with Crippen molar-refractivity contribution in [1.82, 2.24) is 25.1 Å². The molecule has 0 aromatic carbocycles. The van der Waals surface area contributed by atoms with Crippen LogP contribution in [0.15, 0.2) is 16.1 Å². The SMILES string of the molecule is Cc1c[nH]c(CSc2nnc([C@@H]3CCCNC3)n2C)c(C)c1=O. The number of hydrogen-bond acceptors (Lipinski definition) is 5.